The van der Waals surface area contributed by atoms with E-state index in [9.17, 15) is 40.9 Å². The van der Waals surface area contributed by atoms with Gasteiger partial charge >= 0.3 is 59.1 Å². The zero-order valence-electron chi connectivity index (χ0n) is 14.9. The molecule has 140 valence electrons. The Balaban J connectivity index is 0.00000364. The van der Waals surface area contributed by atoms with E-state index in [0.29, 0.717) is 18.2 Å². The van der Waals surface area contributed by atoms with Crippen LogP contribution in [0.3, 0.4) is 0 Å². The molecular formula is C14H10Na2O10S2. The van der Waals surface area contributed by atoms with E-state index in [4.69, 9.17) is 0 Å². The van der Waals surface area contributed by atoms with Crippen molar-refractivity contribution in [2.75, 3.05) is 7.11 Å². The summed E-state index contributed by atoms with van der Waals surface area (Å²) in [5.74, 6) is -3.27. The van der Waals surface area contributed by atoms with Crippen molar-refractivity contribution in [2.45, 2.75) is 9.79 Å². The zero-order chi connectivity index (χ0) is 19.9. The molecule has 0 aliphatic carbocycles. The van der Waals surface area contributed by atoms with Crippen LogP contribution in [0.4, 0.5) is 0 Å². The molecule has 2 N–H and O–H groups in total. The molecule has 2 aromatic carbocycles. The largest absolute Gasteiger partial charge is 1.00 e. The van der Waals surface area contributed by atoms with E-state index in [1.165, 1.54) is 0 Å². The van der Waals surface area contributed by atoms with Crippen LogP contribution >= 0.6 is 0 Å². The Bertz CT molecular complexity index is 1110. The minimum absolute atomic E-state index is 0. The number of hydrogen-bond acceptors (Lipinski definition) is 10. The summed E-state index contributed by atoms with van der Waals surface area (Å²) in [4.78, 5) is 10.7. The van der Waals surface area contributed by atoms with Gasteiger partial charge in [-0.1, -0.05) is 0 Å². The van der Waals surface area contributed by atoms with Gasteiger partial charge in [0.15, 0.2) is 0 Å². The molecule has 2 rings (SSSR count). The van der Waals surface area contributed by atoms with Crippen LogP contribution in [0, 0.1) is 0 Å². The molecule has 10 nitrogen and oxygen atoms in total. The van der Waals surface area contributed by atoms with Crippen LogP contribution in [0.25, 0.3) is 0 Å². The summed E-state index contributed by atoms with van der Waals surface area (Å²) in [6, 6.07) is 3.31. The van der Waals surface area contributed by atoms with Crippen molar-refractivity contribution in [1.29, 1.82) is 0 Å². The fraction of sp³-hybridized carbons (Fsp3) is 0.0714. The Hall–Kier alpha value is -0.670. The Morgan fingerprint density at radius 3 is 1.89 bits per heavy atom. The Morgan fingerprint density at radius 2 is 1.43 bits per heavy atom. The second-order valence-corrected chi connectivity index (χ2v) is 7.66. The number of aromatic hydroxyl groups is 2. The number of carbonyl (C=O) groups is 1. The first kappa shape index (κ1) is 27.3. The van der Waals surface area contributed by atoms with Crippen molar-refractivity contribution < 1.29 is 105 Å². The molecule has 0 amide bonds. The van der Waals surface area contributed by atoms with Gasteiger partial charge in [-0.3, -0.25) is 4.79 Å². The van der Waals surface area contributed by atoms with Gasteiger partial charge in [0.25, 0.3) is 0 Å². The van der Waals surface area contributed by atoms with Crippen LogP contribution in [0.2, 0.25) is 0 Å². The van der Waals surface area contributed by atoms with Crippen LogP contribution in [0.15, 0.2) is 40.1 Å². The van der Waals surface area contributed by atoms with Gasteiger partial charge in [-0.05, 0) is 24.3 Å². The predicted octanol–water partition coefficient (Wildman–Crippen LogP) is -5.85. The summed E-state index contributed by atoms with van der Waals surface area (Å²) in [6.07, 6.45) is 0. The summed E-state index contributed by atoms with van der Waals surface area (Å²) < 4.78 is 71.7. The first-order valence-electron chi connectivity index (χ1n) is 6.56. The molecule has 0 aromatic heterocycles. The average Bonchev–Trinajstić information content (AvgIpc) is 2.52. The fourth-order valence-electron chi connectivity index (χ4n) is 2.08. The van der Waals surface area contributed by atoms with E-state index < -0.39 is 64.2 Å². The maximum atomic E-state index is 12.5. The van der Waals surface area contributed by atoms with Crippen molar-refractivity contribution in [2.24, 2.45) is 0 Å². The predicted molar refractivity (Wildman–Crippen MR) is 82.1 cm³/mol. The van der Waals surface area contributed by atoms with Crippen LogP contribution in [-0.2, 0) is 20.2 Å². The molecule has 0 bridgehead atoms. The second-order valence-electron chi connectivity index (χ2n) is 4.94. The maximum Gasteiger partial charge on any atom is 1.00 e. The van der Waals surface area contributed by atoms with E-state index in [2.05, 4.69) is 4.74 Å². The Morgan fingerprint density at radius 1 is 0.893 bits per heavy atom. The summed E-state index contributed by atoms with van der Waals surface area (Å²) in [7, 11) is -9.01. The number of carbonyl (C=O) groups excluding carboxylic acids is 1. The van der Waals surface area contributed by atoms with Crippen molar-refractivity contribution in [3.8, 4) is 17.2 Å². The van der Waals surface area contributed by atoms with E-state index in [0.717, 1.165) is 19.2 Å². The van der Waals surface area contributed by atoms with Crippen molar-refractivity contribution in [3.63, 3.8) is 0 Å². The van der Waals surface area contributed by atoms with Gasteiger partial charge in [0.2, 0.25) is 5.78 Å². The standard InChI is InChI=1S/C14H12O10S2.2Na/c1-24-12-6-11(16)9(5-13(12)26(21,22)23)14(17)8-4-7(25(18,19)20)2-3-10(8)15;;/h2-6,15-16H,1H3,(H,18,19,20)(H,21,22,23);;/q;2*+1/p-2. The minimum atomic E-state index is -5.09. The Kier molecular flexibility index (Phi) is 9.65. The number of methoxy groups -OCH3 is 1. The number of hydrogen-bond donors (Lipinski definition) is 2. The number of phenols is 2. The number of ether oxygens (including phenoxy) is 1. The molecule has 0 fully saturated rings. The summed E-state index contributed by atoms with van der Waals surface area (Å²) in [6.45, 7) is 0. The van der Waals surface area contributed by atoms with Crippen molar-refractivity contribution >= 4 is 26.0 Å². The normalized spacial score (nSPS) is 11.1. The monoisotopic (exact) mass is 448 g/mol. The van der Waals surface area contributed by atoms with Gasteiger partial charge in [0.05, 0.1) is 28.0 Å². The number of benzene rings is 2. The molecule has 0 saturated carbocycles. The van der Waals surface area contributed by atoms with Gasteiger partial charge < -0.3 is 24.1 Å². The molecule has 0 unspecified atom stereocenters. The summed E-state index contributed by atoms with van der Waals surface area (Å²) in [5, 5.41) is 19.7. The number of phenolic OH excluding ortho intramolecular Hbond substituents is 2. The summed E-state index contributed by atoms with van der Waals surface area (Å²) in [5.41, 5.74) is -1.42. The van der Waals surface area contributed by atoms with Gasteiger partial charge in [-0.15, -0.1) is 0 Å². The smallest absolute Gasteiger partial charge is 0.744 e. The quantitative estimate of drug-likeness (QED) is 0.254. The number of rotatable bonds is 5. The Labute approximate surface area is 204 Å². The summed E-state index contributed by atoms with van der Waals surface area (Å²) >= 11 is 0. The van der Waals surface area contributed by atoms with Gasteiger partial charge in [-0.2, -0.15) is 0 Å². The van der Waals surface area contributed by atoms with E-state index in [-0.39, 0.29) is 59.1 Å². The van der Waals surface area contributed by atoms with E-state index in [1.807, 2.05) is 0 Å². The molecule has 2 aromatic rings. The van der Waals surface area contributed by atoms with Crippen LogP contribution < -0.4 is 63.9 Å². The van der Waals surface area contributed by atoms with Crippen LogP contribution in [-0.4, -0.2) is 49.0 Å². The van der Waals surface area contributed by atoms with Gasteiger partial charge in [0.1, 0.15) is 37.5 Å². The van der Waals surface area contributed by atoms with Crippen LogP contribution in [0.1, 0.15) is 15.9 Å². The first-order chi connectivity index (χ1) is 11.9. The zero-order valence-corrected chi connectivity index (χ0v) is 20.5. The van der Waals surface area contributed by atoms with E-state index in [1.54, 1.807) is 0 Å². The first-order valence-corrected chi connectivity index (χ1v) is 9.38. The van der Waals surface area contributed by atoms with Gasteiger partial charge in [-0.25, -0.2) is 16.8 Å². The molecule has 0 aliphatic heterocycles. The third kappa shape index (κ3) is 5.92. The van der Waals surface area contributed by atoms with Gasteiger partial charge in [0, 0.05) is 6.07 Å². The molecule has 0 heterocycles. The molecular weight excluding hydrogens is 438 g/mol. The molecule has 28 heavy (non-hydrogen) atoms. The molecule has 0 atom stereocenters. The number of ketones is 1. The molecule has 14 heteroatoms. The molecule has 0 saturated heterocycles. The fourth-order valence-corrected chi connectivity index (χ4v) is 3.23. The maximum absolute atomic E-state index is 12.5. The topological polar surface area (TPSA) is 181 Å². The van der Waals surface area contributed by atoms with Crippen molar-refractivity contribution in [1.82, 2.24) is 0 Å². The molecule has 0 spiro atoms. The SMILES string of the molecule is COc1cc(O)c(C(=O)c2cc(S(=O)(=O)[O-])ccc2O)cc1S(=O)(=O)[O-].[Na+].[Na+]. The minimum Gasteiger partial charge on any atom is -0.744 e. The second kappa shape index (κ2) is 9.89. The van der Waals surface area contributed by atoms with E-state index >= 15 is 0 Å². The third-order valence-electron chi connectivity index (χ3n) is 3.30. The molecule has 0 radical (unpaired) electrons. The van der Waals surface area contributed by atoms with Crippen LogP contribution in [0.5, 0.6) is 17.2 Å². The third-order valence-corrected chi connectivity index (χ3v) is 4.99. The average molecular weight is 448 g/mol. The van der Waals surface area contributed by atoms with Crippen molar-refractivity contribution in [3.05, 3.63) is 41.5 Å². The molecule has 0 aliphatic rings.